The van der Waals surface area contributed by atoms with Gasteiger partial charge in [0.25, 0.3) is 0 Å². The smallest absolute Gasteiger partial charge is 0.223 e. The number of methoxy groups -OCH3 is 2. The average molecular weight is 449 g/mol. The summed E-state index contributed by atoms with van der Waals surface area (Å²) < 4.78 is 11.0. The Morgan fingerprint density at radius 3 is 2.03 bits per heavy atom. The lowest BCUT2D eigenvalue weighted by Crippen LogP contribution is -2.00. The number of nitrogens with zero attached hydrogens (tertiary/aromatic N) is 3. The maximum absolute atomic E-state index is 5.54. The predicted octanol–water partition coefficient (Wildman–Crippen LogP) is 6.08. The standard InChI is InChI=1S/C28H24N4O2/c1-29-28-31-24-15-26(34-3)25(33-2)14-23(24)27(32-28)20-11-7-10-19(12-20)22-13-21(16-30-17-22)18-8-5-4-6-9-18/h4-17H,1-3H3,(H,29,31,32). The van der Waals surface area contributed by atoms with Crippen molar-refractivity contribution in [2.45, 2.75) is 0 Å². The second-order valence-corrected chi connectivity index (χ2v) is 7.78. The highest BCUT2D eigenvalue weighted by atomic mass is 16.5. The quantitative estimate of drug-likeness (QED) is 0.339. The number of nitrogens with one attached hydrogen (secondary N) is 1. The highest BCUT2D eigenvalue weighted by molar-refractivity contribution is 5.96. The van der Waals surface area contributed by atoms with Crippen LogP contribution < -0.4 is 14.8 Å². The van der Waals surface area contributed by atoms with Gasteiger partial charge in [-0.15, -0.1) is 0 Å². The Bertz CT molecular complexity index is 1470. The van der Waals surface area contributed by atoms with Gasteiger partial charge < -0.3 is 14.8 Å². The summed E-state index contributed by atoms with van der Waals surface area (Å²) in [6.07, 6.45) is 3.77. The van der Waals surface area contributed by atoms with Crippen LogP contribution in [0.2, 0.25) is 0 Å². The molecule has 0 bridgehead atoms. The molecule has 0 aliphatic rings. The van der Waals surface area contributed by atoms with Crippen LogP contribution in [-0.2, 0) is 0 Å². The zero-order chi connectivity index (χ0) is 23.5. The van der Waals surface area contributed by atoms with Crippen molar-refractivity contribution in [3.63, 3.8) is 0 Å². The van der Waals surface area contributed by atoms with Gasteiger partial charge in [-0.1, -0.05) is 48.5 Å². The lowest BCUT2D eigenvalue weighted by molar-refractivity contribution is 0.356. The van der Waals surface area contributed by atoms with Crippen LogP contribution in [0.3, 0.4) is 0 Å². The molecule has 5 rings (SSSR count). The van der Waals surface area contributed by atoms with E-state index < -0.39 is 0 Å². The second-order valence-electron chi connectivity index (χ2n) is 7.78. The van der Waals surface area contributed by atoms with E-state index in [1.165, 1.54) is 0 Å². The summed E-state index contributed by atoms with van der Waals surface area (Å²) in [7, 11) is 5.05. The molecule has 0 spiro atoms. The minimum Gasteiger partial charge on any atom is -0.493 e. The van der Waals surface area contributed by atoms with Crippen molar-refractivity contribution >= 4 is 16.9 Å². The molecule has 0 aliphatic carbocycles. The van der Waals surface area contributed by atoms with E-state index in [-0.39, 0.29) is 0 Å². The van der Waals surface area contributed by atoms with Gasteiger partial charge in [-0.3, -0.25) is 4.98 Å². The molecule has 0 radical (unpaired) electrons. The number of hydrogen-bond donors (Lipinski definition) is 1. The predicted molar refractivity (Wildman–Crippen MR) is 136 cm³/mol. The summed E-state index contributed by atoms with van der Waals surface area (Å²) in [6, 6.07) is 24.5. The third-order valence-electron chi connectivity index (χ3n) is 5.74. The van der Waals surface area contributed by atoms with Gasteiger partial charge in [0.2, 0.25) is 5.95 Å². The zero-order valence-corrected chi connectivity index (χ0v) is 19.2. The molecule has 2 heterocycles. The van der Waals surface area contributed by atoms with Crippen molar-refractivity contribution < 1.29 is 9.47 Å². The molecule has 0 fully saturated rings. The van der Waals surface area contributed by atoms with Crippen LogP contribution in [0.5, 0.6) is 11.5 Å². The zero-order valence-electron chi connectivity index (χ0n) is 19.2. The SMILES string of the molecule is CNc1nc(-c2cccc(-c3cncc(-c4ccccc4)c3)c2)c2cc(OC)c(OC)cc2n1. The van der Waals surface area contributed by atoms with Crippen LogP contribution in [0.4, 0.5) is 5.95 Å². The summed E-state index contributed by atoms with van der Waals surface area (Å²) in [5, 5.41) is 3.94. The van der Waals surface area contributed by atoms with Gasteiger partial charge in [0.05, 0.1) is 25.4 Å². The van der Waals surface area contributed by atoms with Gasteiger partial charge in [-0.2, -0.15) is 0 Å². The average Bonchev–Trinajstić information content (AvgIpc) is 2.92. The number of benzene rings is 3. The van der Waals surface area contributed by atoms with E-state index in [2.05, 4.69) is 51.7 Å². The van der Waals surface area contributed by atoms with Gasteiger partial charge >= 0.3 is 0 Å². The molecule has 0 amide bonds. The highest BCUT2D eigenvalue weighted by Crippen LogP contribution is 2.37. The molecule has 0 saturated heterocycles. The van der Waals surface area contributed by atoms with Crippen LogP contribution in [0.1, 0.15) is 0 Å². The lowest BCUT2D eigenvalue weighted by Gasteiger charge is -2.13. The molecule has 0 saturated carbocycles. The van der Waals surface area contributed by atoms with Gasteiger partial charge in [-0.05, 0) is 29.3 Å². The molecule has 6 heteroatoms. The number of hydrogen-bond acceptors (Lipinski definition) is 6. The maximum atomic E-state index is 5.54. The first-order chi connectivity index (χ1) is 16.7. The largest absolute Gasteiger partial charge is 0.493 e. The summed E-state index contributed by atoms with van der Waals surface area (Å²) in [5.74, 6) is 1.79. The van der Waals surface area contributed by atoms with Crippen LogP contribution in [0.25, 0.3) is 44.4 Å². The van der Waals surface area contributed by atoms with E-state index in [1.54, 1.807) is 14.2 Å². The molecule has 34 heavy (non-hydrogen) atoms. The van der Waals surface area contributed by atoms with Gasteiger partial charge in [0.15, 0.2) is 11.5 Å². The molecule has 3 aromatic carbocycles. The molecule has 2 aromatic heterocycles. The van der Waals surface area contributed by atoms with Gasteiger partial charge in [0.1, 0.15) is 0 Å². The number of ether oxygens (including phenoxy) is 2. The normalized spacial score (nSPS) is 10.8. The second kappa shape index (κ2) is 9.19. The number of aromatic nitrogens is 3. The number of fused-ring (bicyclic) bond motifs is 1. The monoisotopic (exact) mass is 448 g/mol. The first kappa shape index (κ1) is 21.4. The Balaban J connectivity index is 1.65. The molecule has 0 aliphatic heterocycles. The van der Waals surface area contributed by atoms with Crippen molar-refractivity contribution in [3.8, 4) is 45.0 Å². The molecule has 1 N–H and O–H groups in total. The Morgan fingerprint density at radius 2 is 1.29 bits per heavy atom. The lowest BCUT2D eigenvalue weighted by atomic mass is 9.98. The van der Waals surface area contributed by atoms with Crippen LogP contribution in [-0.4, -0.2) is 36.2 Å². The molecular weight excluding hydrogens is 424 g/mol. The Morgan fingerprint density at radius 1 is 0.647 bits per heavy atom. The number of pyridine rings is 1. The van der Waals surface area contributed by atoms with Crippen LogP contribution >= 0.6 is 0 Å². The van der Waals surface area contributed by atoms with Gasteiger partial charge in [-0.25, -0.2) is 9.97 Å². The highest BCUT2D eigenvalue weighted by Gasteiger charge is 2.15. The molecule has 168 valence electrons. The maximum Gasteiger partial charge on any atom is 0.223 e. The van der Waals surface area contributed by atoms with Crippen molar-refractivity contribution in [1.82, 2.24) is 15.0 Å². The molecular formula is C28H24N4O2. The fourth-order valence-corrected chi connectivity index (χ4v) is 4.02. The molecule has 6 nitrogen and oxygen atoms in total. The first-order valence-electron chi connectivity index (χ1n) is 10.9. The topological polar surface area (TPSA) is 69.2 Å². The summed E-state index contributed by atoms with van der Waals surface area (Å²) in [4.78, 5) is 13.9. The van der Waals surface area contributed by atoms with E-state index >= 15 is 0 Å². The van der Waals surface area contributed by atoms with Crippen molar-refractivity contribution in [3.05, 3.63) is 85.2 Å². The van der Waals surface area contributed by atoms with Gasteiger partial charge in [0, 0.05) is 47.6 Å². The Hall–Kier alpha value is -4.45. The molecule has 0 atom stereocenters. The van der Waals surface area contributed by atoms with Crippen molar-refractivity contribution in [2.75, 3.05) is 26.6 Å². The summed E-state index contributed by atoms with van der Waals surface area (Å²) in [6.45, 7) is 0. The molecule has 5 aromatic rings. The van der Waals surface area contributed by atoms with E-state index in [0.29, 0.717) is 17.4 Å². The fraction of sp³-hybridized carbons (Fsp3) is 0.107. The van der Waals surface area contributed by atoms with Crippen molar-refractivity contribution in [1.29, 1.82) is 0 Å². The van der Waals surface area contributed by atoms with E-state index in [1.807, 2.05) is 55.8 Å². The minimum atomic E-state index is 0.535. The van der Waals surface area contributed by atoms with E-state index in [4.69, 9.17) is 14.5 Å². The fourth-order valence-electron chi connectivity index (χ4n) is 4.02. The van der Waals surface area contributed by atoms with Crippen LogP contribution in [0, 0.1) is 0 Å². The Labute approximate surface area is 198 Å². The van der Waals surface area contributed by atoms with E-state index in [0.717, 1.165) is 44.4 Å². The molecule has 0 unspecified atom stereocenters. The van der Waals surface area contributed by atoms with Crippen LogP contribution in [0.15, 0.2) is 85.2 Å². The number of anilines is 1. The minimum absolute atomic E-state index is 0.535. The number of rotatable bonds is 6. The third kappa shape index (κ3) is 4.01. The third-order valence-corrected chi connectivity index (χ3v) is 5.74. The van der Waals surface area contributed by atoms with Crippen molar-refractivity contribution in [2.24, 2.45) is 0 Å². The first-order valence-corrected chi connectivity index (χ1v) is 10.9. The van der Waals surface area contributed by atoms with E-state index in [9.17, 15) is 0 Å². The summed E-state index contributed by atoms with van der Waals surface area (Å²) in [5.41, 5.74) is 6.85. The summed E-state index contributed by atoms with van der Waals surface area (Å²) >= 11 is 0. The Kier molecular flexibility index (Phi) is 5.79.